The molecule has 0 atom stereocenters. The predicted molar refractivity (Wildman–Crippen MR) is 55.4 cm³/mol. The average molecular weight is 213 g/mol. The van der Waals surface area contributed by atoms with E-state index >= 15 is 0 Å². The Morgan fingerprint density at radius 1 is 1.21 bits per heavy atom. The molecular weight excluding hydrogens is 200 g/mol. The molecule has 0 unspecified atom stereocenters. The third kappa shape index (κ3) is 3.79. The minimum atomic E-state index is -3.44. The van der Waals surface area contributed by atoms with Crippen LogP contribution < -0.4 is 4.18 Å². The van der Waals surface area contributed by atoms with Gasteiger partial charge in [0, 0.05) is 0 Å². The van der Waals surface area contributed by atoms with Gasteiger partial charge in [-0.2, -0.15) is 8.42 Å². The summed E-state index contributed by atoms with van der Waals surface area (Å²) in [6, 6.07) is 8.48. The molecule has 0 aliphatic carbocycles. The van der Waals surface area contributed by atoms with Gasteiger partial charge in [0.25, 0.3) is 0 Å². The van der Waals surface area contributed by atoms with Crippen LogP contribution in [0.1, 0.15) is 12.8 Å². The summed E-state index contributed by atoms with van der Waals surface area (Å²) in [4.78, 5) is 0. The van der Waals surface area contributed by atoms with Gasteiger partial charge in [0.2, 0.25) is 0 Å². The summed E-state index contributed by atoms with van der Waals surface area (Å²) in [5.74, 6) is 0.377. The van der Waals surface area contributed by atoms with Crippen molar-refractivity contribution >= 4 is 10.1 Å². The summed E-state index contributed by atoms with van der Waals surface area (Å²) in [6.07, 6.45) is 1.12. The highest BCUT2D eigenvalue weighted by Gasteiger charge is 2.10. The number of hydrogen-bond donors (Lipinski definition) is 0. The summed E-state index contributed by atoms with van der Waals surface area (Å²) in [5, 5.41) is 0. The van der Waals surface area contributed by atoms with Crippen LogP contribution >= 0.6 is 0 Å². The van der Waals surface area contributed by atoms with Crippen molar-refractivity contribution in [1.82, 2.24) is 0 Å². The molecule has 0 saturated heterocycles. The van der Waals surface area contributed by atoms with Crippen LogP contribution in [0.15, 0.2) is 30.3 Å². The lowest BCUT2D eigenvalue weighted by Crippen LogP contribution is -2.13. The summed E-state index contributed by atoms with van der Waals surface area (Å²) >= 11 is 0. The highest BCUT2D eigenvalue weighted by atomic mass is 32.2. The van der Waals surface area contributed by atoms with Crippen LogP contribution in [0.2, 0.25) is 0 Å². The van der Waals surface area contributed by atoms with E-state index in [-0.39, 0.29) is 5.75 Å². The molecule has 3 nitrogen and oxygen atoms in total. The summed E-state index contributed by atoms with van der Waals surface area (Å²) < 4.78 is 27.5. The first-order valence-corrected chi connectivity index (χ1v) is 5.98. The molecule has 1 aromatic rings. The fourth-order valence-electron chi connectivity index (χ4n) is 0.943. The highest BCUT2D eigenvalue weighted by molar-refractivity contribution is 7.87. The Morgan fingerprint density at radius 3 is 2.43 bits per heavy atom. The van der Waals surface area contributed by atoms with Gasteiger partial charge in [-0.05, 0) is 18.6 Å². The standard InChI is InChI=1S/C10H13O3S/c1-2-3-9-14(11,12)13-10-7-5-4-6-8-10/h4-8H,1-3,9H2. The molecule has 0 aliphatic rings. The molecule has 0 heterocycles. The molecule has 1 aromatic carbocycles. The van der Waals surface area contributed by atoms with E-state index in [0.717, 1.165) is 0 Å². The number of para-hydroxylation sites is 1. The van der Waals surface area contributed by atoms with Gasteiger partial charge in [-0.15, -0.1) is 0 Å². The van der Waals surface area contributed by atoms with Crippen LogP contribution in [-0.4, -0.2) is 14.2 Å². The second-order valence-corrected chi connectivity index (χ2v) is 4.56. The van der Waals surface area contributed by atoms with Crippen LogP contribution in [0.25, 0.3) is 0 Å². The molecule has 0 spiro atoms. The number of hydrogen-bond acceptors (Lipinski definition) is 3. The third-order valence-electron chi connectivity index (χ3n) is 1.61. The Balaban J connectivity index is 2.60. The van der Waals surface area contributed by atoms with E-state index in [1.165, 1.54) is 0 Å². The van der Waals surface area contributed by atoms with E-state index < -0.39 is 10.1 Å². The van der Waals surface area contributed by atoms with Crippen molar-refractivity contribution in [3.05, 3.63) is 37.3 Å². The van der Waals surface area contributed by atoms with Crippen LogP contribution in [0.3, 0.4) is 0 Å². The Labute approximate surface area is 84.8 Å². The molecule has 0 N–H and O–H groups in total. The van der Waals surface area contributed by atoms with Gasteiger partial charge in [0.1, 0.15) is 5.75 Å². The molecule has 1 radical (unpaired) electrons. The van der Waals surface area contributed by atoms with Crippen molar-refractivity contribution in [3.8, 4) is 5.75 Å². The first kappa shape index (κ1) is 11.0. The maximum Gasteiger partial charge on any atom is 0.309 e. The predicted octanol–water partition coefficient (Wildman–Crippen LogP) is 2.01. The summed E-state index contributed by atoms with van der Waals surface area (Å²) in [5.41, 5.74) is 0. The van der Waals surface area contributed by atoms with Crippen LogP contribution in [0.4, 0.5) is 0 Å². The highest BCUT2D eigenvalue weighted by Crippen LogP contribution is 2.12. The fourth-order valence-corrected chi connectivity index (χ4v) is 1.99. The van der Waals surface area contributed by atoms with Gasteiger partial charge < -0.3 is 4.18 Å². The maximum atomic E-state index is 11.3. The lowest BCUT2D eigenvalue weighted by Gasteiger charge is -2.05. The minimum Gasteiger partial charge on any atom is -0.382 e. The van der Waals surface area contributed by atoms with Gasteiger partial charge in [-0.3, -0.25) is 0 Å². The summed E-state index contributed by atoms with van der Waals surface area (Å²) in [7, 11) is -3.44. The second-order valence-electron chi connectivity index (χ2n) is 2.87. The zero-order valence-corrected chi connectivity index (χ0v) is 8.66. The third-order valence-corrected chi connectivity index (χ3v) is 2.85. The zero-order chi connectivity index (χ0) is 10.4. The van der Waals surface area contributed by atoms with E-state index in [0.29, 0.717) is 18.6 Å². The monoisotopic (exact) mass is 213 g/mol. The molecule has 0 amide bonds. The first-order chi connectivity index (χ1) is 6.64. The van der Waals surface area contributed by atoms with Crippen molar-refractivity contribution in [2.24, 2.45) is 0 Å². The first-order valence-electron chi connectivity index (χ1n) is 4.40. The van der Waals surface area contributed by atoms with Crippen molar-refractivity contribution in [3.63, 3.8) is 0 Å². The van der Waals surface area contributed by atoms with Crippen molar-refractivity contribution < 1.29 is 12.6 Å². The SMILES string of the molecule is [CH2]CCCS(=O)(=O)Oc1ccccc1. The Kier molecular flexibility index (Phi) is 3.95. The zero-order valence-electron chi connectivity index (χ0n) is 7.85. The molecule has 0 saturated carbocycles. The molecule has 14 heavy (non-hydrogen) atoms. The van der Waals surface area contributed by atoms with E-state index in [1.54, 1.807) is 30.3 Å². The molecule has 4 heteroatoms. The molecular formula is C10H13O3S. The van der Waals surface area contributed by atoms with Crippen LogP contribution in [0.5, 0.6) is 5.75 Å². The van der Waals surface area contributed by atoms with Gasteiger partial charge >= 0.3 is 10.1 Å². The Bertz CT molecular complexity index is 356. The Morgan fingerprint density at radius 2 is 1.86 bits per heavy atom. The fraction of sp³-hybridized carbons (Fsp3) is 0.300. The summed E-state index contributed by atoms with van der Waals surface area (Å²) in [6.45, 7) is 3.58. The van der Waals surface area contributed by atoms with Crippen LogP contribution in [-0.2, 0) is 10.1 Å². The maximum absolute atomic E-state index is 11.3. The molecule has 0 bridgehead atoms. The van der Waals surface area contributed by atoms with Gasteiger partial charge in [0.15, 0.2) is 0 Å². The topological polar surface area (TPSA) is 43.4 Å². The van der Waals surface area contributed by atoms with E-state index in [4.69, 9.17) is 4.18 Å². The Hall–Kier alpha value is -1.03. The minimum absolute atomic E-state index is 0.0192. The van der Waals surface area contributed by atoms with E-state index in [2.05, 4.69) is 6.92 Å². The molecule has 77 valence electrons. The molecule has 0 aliphatic heterocycles. The van der Waals surface area contributed by atoms with E-state index in [9.17, 15) is 8.42 Å². The quantitative estimate of drug-likeness (QED) is 0.703. The number of rotatable bonds is 5. The van der Waals surface area contributed by atoms with Crippen molar-refractivity contribution in [2.45, 2.75) is 12.8 Å². The second kappa shape index (κ2) is 5.00. The van der Waals surface area contributed by atoms with Crippen molar-refractivity contribution in [2.75, 3.05) is 5.75 Å². The largest absolute Gasteiger partial charge is 0.382 e. The van der Waals surface area contributed by atoms with Gasteiger partial charge in [0.05, 0.1) is 5.75 Å². The van der Waals surface area contributed by atoms with Gasteiger partial charge in [-0.25, -0.2) is 0 Å². The smallest absolute Gasteiger partial charge is 0.309 e. The lowest BCUT2D eigenvalue weighted by molar-refractivity contribution is 0.484. The molecule has 0 aromatic heterocycles. The average Bonchev–Trinajstić information content (AvgIpc) is 2.16. The lowest BCUT2D eigenvalue weighted by atomic mass is 10.3. The van der Waals surface area contributed by atoms with Gasteiger partial charge in [-0.1, -0.05) is 31.5 Å². The van der Waals surface area contributed by atoms with Crippen molar-refractivity contribution in [1.29, 1.82) is 0 Å². The number of unbranched alkanes of at least 4 members (excludes halogenated alkanes) is 1. The number of benzene rings is 1. The normalized spacial score (nSPS) is 11.2. The van der Waals surface area contributed by atoms with E-state index in [1.807, 2.05) is 0 Å². The van der Waals surface area contributed by atoms with Crippen LogP contribution in [0, 0.1) is 6.92 Å². The molecule has 1 rings (SSSR count). The molecule has 0 fully saturated rings.